The number of carboxylic acids is 1. The summed E-state index contributed by atoms with van der Waals surface area (Å²) in [7, 11) is 0. The largest absolute Gasteiger partial charge is 0.480 e. The molecule has 1 aliphatic rings. The molecule has 0 unspecified atom stereocenters. The van der Waals surface area contributed by atoms with Crippen molar-refractivity contribution in [1.82, 2.24) is 4.90 Å². The number of rotatable bonds is 3. The molecule has 1 atom stereocenters. The Morgan fingerprint density at radius 1 is 1.38 bits per heavy atom. The van der Waals surface area contributed by atoms with Crippen molar-refractivity contribution < 1.29 is 19.1 Å². The normalized spacial score (nSPS) is 19.0. The van der Waals surface area contributed by atoms with Crippen LogP contribution in [0.1, 0.15) is 24.8 Å². The number of amides is 1. The van der Waals surface area contributed by atoms with Crippen molar-refractivity contribution in [3.05, 3.63) is 40.7 Å². The molecule has 6 heteroatoms. The van der Waals surface area contributed by atoms with E-state index < -0.39 is 17.8 Å². The van der Waals surface area contributed by atoms with E-state index in [4.69, 9.17) is 16.7 Å². The van der Waals surface area contributed by atoms with Crippen molar-refractivity contribution in [2.45, 2.75) is 25.3 Å². The molecular weight excluding hydrogens is 297 g/mol. The van der Waals surface area contributed by atoms with Crippen LogP contribution in [0.25, 0.3) is 6.08 Å². The van der Waals surface area contributed by atoms with Gasteiger partial charge in [0.05, 0.1) is 5.02 Å². The van der Waals surface area contributed by atoms with Gasteiger partial charge in [-0.15, -0.1) is 0 Å². The van der Waals surface area contributed by atoms with Crippen LogP contribution in [0.4, 0.5) is 4.39 Å². The summed E-state index contributed by atoms with van der Waals surface area (Å²) in [5.41, 5.74) is 0.582. The van der Waals surface area contributed by atoms with Gasteiger partial charge >= 0.3 is 5.97 Å². The molecule has 4 nitrogen and oxygen atoms in total. The van der Waals surface area contributed by atoms with E-state index >= 15 is 0 Å². The summed E-state index contributed by atoms with van der Waals surface area (Å²) in [6.07, 6.45) is 4.87. The third-order valence-corrected chi connectivity index (χ3v) is 3.72. The molecule has 112 valence electrons. The predicted octanol–water partition coefficient (Wildman–Crippen LogP) is 2.96. The monoisotopic (exact) mass is 311 g/mol. The number of likely N-dealkylation sites (tertiary alicyclic amines) is 1. The summed E-state index contributed by atoms with van der Waals surface area (Å²) < 4.78 is 13.0. The van der Waals surface area contributed by atoms with Gasteiger partial charge in [-0.3, -0.25) is 4.79 Å². The Hall–Kier alpha value is -1.88. The minimum atomic E-state index is -0.985. The maximum atomic E-state index is 13.0. The molecule has 2 rings (SSSR count). The second-order valence-corrected chi connectivity index (χ2v) is 5.30. The zero-order valence-corrected chi connectivity index (χ0v) is 12.0. The van der Waals surface area contributed by atoms with E-state index in [-0.39, 0.29) is 10.9 Å². The number of carbonyl (C=O) groups excluding carboxylic acids is 1. The Balaban J connectivity index is 2.10. The fourth-order valence-electron chi connectivity index (χ4n) is 2.33. The van der Waals surface area contributed by atoms with E-state index in [1.54, 1.807) is 0 Å². The summed E-state index contributed by atoms with van der Waals surface area (Å²) in [4.78, 5) is 24.6. The summed E-state index contributed by atoms with van der Waals surface area (Å²) in [6, 6.07) is 3.35. The summed E-state index contributed by atoms with van der Waals surface area (Å²) >= 11 is 5.66. The minimum absolute atomic E-state index is 0.0222. The van der Waals surface area contributed by atoms with E-state index in [1.165, 1.54) is 35.3 Å². The van der Waals surface area contributed by atoms with Crippen molar-refractivity contribution in [2.24, 2.45) is 0 Å². The molecule has 1 aliphatic heterocycles. The van der Waals surface area contributed by atoms with Gasteiger partial charge in [0.1, 0.15) is 11.9 Å². The highest BCUT2D eigenvalue weighted by Crippen LogP contribution is 2.19. The first-order valence-electron chi connectivity index (χ1n) is 6.65. The van der Waals surface area contributed by atoms with Crippen molar-refractivity contribution in [3.8, 4) is 0 Å². The van der Waals surface area contributed by atoms with Gasteiger partial charge in [0.15, 0.2) is 0 Å². The molecule has 1 aromatic rings. The zero-order valence-electron chi connectivity index (χ0n) is 11.3. The maximum Gasteiger partial charge on any atom is 0.326 e. The molecule has 1 fully saturated rings. The Kier molecular flexibility index (Phi) is 4.96. The highest BCUT2D eigenvalue weighted by atomic mass is 35.5. The fourth-order valence-corrected chi connectivity index (χ4v) is 2.52. The number of hydrogen-bond donors (Lipinski definition) is 1. The van der Waals surface area contributed by atoms with Gasteiger partial charge in [0.25, 0.3) is 0 Å². The third kappa shape index (κ3) is 3.82. The van der Waals surface area contributed by atoms with Gasteiger partial charge in [0.2, 0.25) is 5.91 Å². The van der Waals surface area contributed by atoms with Gasteiger partial charge in [0, 0.05) is 12.6 Å². The Bertz CT molecular complexity index is 588. The lowest BCUT2D eigenvalue weighted by atomic mass is 10.0. The van der Waals surface area contributed by atoms with Crippen molar-refractivity contribution in [2.75, 3.05) is 6.54 Å². The Morgan fingerprint density at radius 2 is 2.14 bits per heavy atom. The smallest absolute Gasteiger partial charge is 0.326 e. The quantitative estimate of drug-likeness (QED) is 0.873. The van der Waals surface area contributed by atoms with Crippen LogP contribution in [-0.4, -0.2) is 34.5 Å². The lowest BCUT2D eigenvalue weighted by Gasteiger charge is -2.32. The van der Waals surface area contributed by atoms with E-state index in [2.05, 4.69) is 0 Å². The molecule has 0 aromatic heterocycles. The standard InChI is InChI=1S/C15H15ClFNO3/c16-11-9-10(4-6-12(11)17)5-7-14(19)18-8-2-1-3-13(18)15(20)21/h4-7,9,13H,1-3,8H2,(H,20,21)/t13-/m0/s1. The number of nitrogens with zero attached hydrogens (tertiary/aromatic N) is 1. The first kappa shape index (κ1) is 15.5. The van der Waals surface area contributed by atoms with Gasteiger partial charge in [-0.25, -0.2) is 9.18 Å². The van der Waals surface area contributed by atoms with Crippen LogP contribution in [-0.2, 0) is 9.59 Å². The summed E-state index contributed by atoms with van der Waals surface area (Å²) in [5.74, 6) is -1.87. The predicted molar refractivity (Wildman–Crippen MR) is 77.4 cm³/mol. The fraction of sp³-hybridized carbons (Fsp3) is 0.333. The van der Waals surface area contributed by atoms with Gasteiger partial charge in [-0.2, -0.15) is 0 Å². The first-order valence-corrected chi connectivity index (χ1v) is 7.03. The van der Waals surface area contributed by atoms with Gasteiger partial charge < -0.3 is 10.0 Å². The lowest BCUT2D eigenvalue weighted by molar-refractivity contribution is -0.150. The van der Waals surface area contributed by atoms with Crippen LogP contribution in [0, 0.1) is 5.82 Å². The topological polar surface area (TPSA) is 57.6 Å². The van der Waals surface area contributed by atoms with Gasteiger partial charge in [-0.1, -0.05) is 17.7 Å². The van der Waals surface area contributed by atoms with Crippen molar-refractivity contribution in [3.63, 3.8) is 0 Å². The molecule has 21 heavy (non-hydrogen) atoms. The van der Waals surface area contributed by atoms with E-state index in [0.29, 0.717) is 18.5 Å². The Labute approximate surface area is 126 Å². The summed E-state index contributed by atoms with van der Waals surface area (Å²) in [5, 5.41) is 9.11. The second kappa shape index (κ2) is 6.72. The molecule has 0 radical (unpaired) electrons. The highest BCUT2D eigenvalue weighted by molar-refractivity contribution is 6.30. The van der Waals surface area contributed by atoms with Gasteiger partial charge in [-0.05, 0) is 43.0 Å². The van der Waals surface area contributed by atoms with Crippen molar-refractivity contribution >= 4 is 29.6 Å². The van der Waals surface area contributed by atoms with Crippen LogP contribution < -0.4 is 0 Å². The number of carboxylic acid groups (broad SMARTS) is 1. The second-order valence-electron chi connectivity index (χ2n) is 4.89. The molecule has 1 N–H and O–H groups in total. The van der Waals surface area contributed by atoms with Crippen LogP contribution in [0.5, 0.6) is 0 Å². The molecule has 1 saturated heterocycles. The average molecular weight is 312 g/mol. The maximum absolute atomic E-state index is 13.0. The average Bonchev–Trinajstić information content (AvgIpc) is 2.48. The minimum Gasteiger partial charge on any atom is -0.480 e. The lowest BCUT2D eigenvalue weighted by Crippen LogP contribution is -2.47. The number of carbonyl (C=O) groups is 2. The van der Waals surface area contributed by atoms with E-state index in [0.717, 1.165) is 12.8 Å². The van der Waals surface area contributed by atoms with E-state index in [1.807, 2.05) is 0 Å². The SMILES string of the molecule is O=C(O)[C@@H]1CCCCN1C(=O)C=Cc1ccc(F)c(Cl)c1. The Morgan fingerprint density at radius 3 is 2.81 bits per heavy atom. The zero-order chi connectivity index (χ0) is 15.4. The van der Waals surface area contributed by atoms with Crippen LogP contribution in [0.2, 0.25) is 5.02 Å². The molecule has 0 bridgehead atoms. The van der Waals surface area contributed by atoms with Crippen LogP contribution >= 0.6 is 11.6 Å². The molecule has 1 amide bonds. The molecular formula is C15H15ClFNO3. The molecule has 0 aliphatic carbocycles. The summed E-state index contributed by atoms with van der Waals surface area (Å²) in [6.45, 7) is 0.435. The van der Waals surface area contributed by atoms with Crippen LogP contribution in [0.3, 0.4) is 0 Å². The molecule has 0 spiro atoms. The number of piperidine rings is 1. The molecule has 0 saturated carbocycles. The first-order chi connectivity index (χ1) is 9.99. The van der Waals surface area contributed by atoms with Crippen molar-refractivity contribution in [1.29, 1.82) is 0 Å². The van der Waals surface area contributed by atoms with Crippen LogP contribution in [0.15, 0.2) is 24.3 Å². The number of aliphatic carboxylic acids is 1. The molecule has 1 aromatic carbocycles. The number of hydrogen-bond acceptors (Lipinski definition) is 2. The van der Waals surface area contributed by atoms with E-state index in [9.17, 15) is 14.0 Å². The third-order valence-electron chi connectivity index (χ3n) is 3.43. The highest BCUT2D eigenvalue weighted by Gasteiger charge is 2.30. The number of benzene rings is 1. The molecule has 1 heterocycles. The number of halogens is 2.